The number of aryl methyl sites for hydroxylation is 1. The van der Waals surface area contributed by atoms with Crippen LogP contribution in [0.2, 0.25) is 0 Å². The van der Waals surface area contributed by atoms with Crippen LogP contribution in [0.4, 0.5) is 5.69 Å². The van der Waals surface area contributed by atoms with E-state index in [0.717, 1.165) is 30.8 Å². The monoisotopic (exact) mass is 382 g/mol. The summed E-state index contributed by atoms with van der Waals surface area (Å²) in [4.78, 5) is 28.3. The molecule has 27 heavy (non-hydrogen) atoms. The first kappa shape index (κ1) is 19.5. The number of anilines is 1. The van der Waals surface area contributed by atoms with Gasteiger partial charge in [-0.15, -0.1) is 11.8 Å². The van der Waals surface area contributed by atoms with Crippen LogP contribution in [0, 0.1) is 6.92 Å². The molecule has 1 fully saturated rings. The highest BCUT2D eigenvalue weighted by Gasteiger charge is 2.20. The predicted octanol–water partition coefficient (Wildman–Crippen LogP) is 4.74. The van der Waals surface area contributed by atoms with E-state index in [9.17, 15) is 9.59 Å². The summed E-state index contributed by atoms with van der Waals surface area (Å²) >= 11 is 1.49. The molecule has 0 aromatic heterocycles. The molecule has 1 saturated heterocycles. The van der Waals surface area contributed by atoms with Gasteiger partial charge in [-0.2, -0.15) is 0 Å². The summed E-state index contributed by atoms with van der Waals surface area (Å²) in [5.74, 6) is 0.227. The fourth-order valence-corrected chi connectivity index (χ4v) is 3.89. The molecular formula is C22H26N2O2S. The molecule has 1 aliphatic heterocycles. The van der Waals surface area contributed by atoms with Crippen LogP contribution >= 0.6 is 11.8 Å². The molecule has 142 valence electrons. The van der Waals surface area contributed by atoms with Crippen LogP contribution in [-0.4, -0.2) is 35.6 Å². The predicted molar refractivity (Wildman–Crippen MR) is 111 cm³/mol. The number of hydrogen-bond acceptors (Lipinski definition) is 3. The zero-order chi connectivity index (χ0) is 19.1. The Hall–Kier alpha value is -2.27. The number of carbonyl (C=O) groups is 2. The van der Waals surface area contributed by atoms with Crippen molar-refractivity contribution >= 4 is 29.3 Å². The van der Waals surface area contributed by atoms with E-state index in [0.29, 0.717) is 17.0 Å². The minimum absolute atomic E-state index is 0.0130. The van der Waals surface area contributed by atoms with Gasteiger partial charge < -0.3 is 10.2 Å². The molecule has 2 amide bonds. The van der Waals surface area contributed by atoms with Gasteiger partial charge in [0, 0.05) is 18.0 Å². The Morgan fingerprint density at radius 2 is 1.63 bits per heavy atom. The Kier molecular flexibility index (Phi) is 6.93. The Morgan fingerprint density at radius 3 is 2.33 bits per heavy atom. The maximum absolute atomic E-state index is 12.9. The van der Waals surface area contributed by atoms with Crippen molar-refractivity contribution in [2.24, 2.45) is 0 Å². The van der Waals surface area contributed by atoms with Crippen molar-refractivity contribution in [3.63, 3.8) is 0 Å². The molecular weight excluding hydrogens is 356 g/mol. The lowest BCUT2D eigenvalue weighted by Crippen LogP contribution is -2.32. The number of para-hydroxylation sites is 1. The first-order valence-corrected chi connectivity index (χ1v) is 10.5. The first-order chi connectivity index (χ1) is 13.1. The number of likely N-dealkylation sites (tertiary alicyclic amines) is 1. The largest absolute Gasteiger partial charge is 0.339 e. The highest BCUT2D eigenvalue weighted by atomic mass is 32.2. The fourth-order valence-electron chi connectivity index (χ4n) is 3.19. The van der Waals surface area contributed by atoms with Gasteiger partial charge in [-0.1, -0.05) is 42.7 Å². The van der Waals surface area contributed by atoms with Crippen LogP contribution in [0.1, 0.15) is 41.6 Å². The second-order valence-electron chi connectivity index (χ2n) is 6.90. The smallest absolute Gasteiger partial charge is 0.255 e. The summed E-state index contributed by atoms with van der Waals surface area (Å²) in [5.41, 5.74) is 2.37. The van der Waals surface area contributed by atoms with E-state index in [1.807, 2.05) is 48.2 Å². The lowest BCUT2D eigenvalue weighted by atomic mass is 10.1. The number of nitrogens with zero attached hydrogens (tertiary/aromatic N) is 1. The summed E-state index contributed by atoms with van der Waals surface area (Å²) in [6.07, 6.45) is 4.46. The summed E-state index contributed by atoms with van der Waals surface area (Å²) in [7, 11) is 0. The fraction of sp³-hybridized carbons (Fsp3) is 0.364. The van der Waals surface area contributed by atoms with Crippen molar-refractivity contribution in [2.45, 2.75) is 37.5 Å². The zero-order valence-electron chi connectivity index (χ0n) is 15.7. The minimum Gasteiger partial charge on any atom is -0.339 e. The first-order valence-electron chi connectivity index (χ1n) is 9.51. The molecule has 3 rings (SSSR count). The molecule has 1 N–H and O–H groups in total. The van der Waals surface area contributed by atoms with Crippen molar-refractivity contribution in [2.75, 3.05) is 24.2 Å². The molecule has 0 spiro atoms. The van der Waals surface area contributed by atoms with Crippen LogP contribution < -0.4 is 5.32 Å². The minimum atomic E-state index is -0.100. The normalized spacial score (nSPS) is 14.5. The lowest BCUT2D eigenvalue weighted by Gasteiger charge is -2.22. The van der Waals surface area contributed by atoms with E-state index in [1.54, 1.807) is 12.1 Å². The van der Waals surface area contributed by atoms with E-state index < -0.39 is 0 Å². The second kappa shape index (κ2) is 9.60. The van der Waals surface area contributed by atoms with Gasteiger partial charge in [0.1, 0.15) is 0 Å². The van der Waals surface area contributed by atoms with Crippen molar-refractivity contribution in [1.82, 2.24) is 4.90 Å². The topological polar surface area (TPSA) is 49.4 Å². The molecule has 0 bridgehead atoms. The number of thioether (sulfide) groups is 1. The Morgan fingerprint density at radius 1 is 0.963 bits per heavy atom. The van der Waals surface area contributed by atoms with Crippen LogP contribution in [-0.2, 0) is 4.79 Å². The van der Waals surface area contributed by atoms with E-state index in [1.165, 1.54) is 30.2 Å². The summed E-state index contributed by atoms with van der Waals surface area (Å²) in [5, 5.41) is 2.92. The number of amides is 2. The highest BCUT2D eigenvalue weighted by Crippen LogP contribution is 2.22. The van der Waals surface area contributed by atoms with Gasteiger partial charge in [-0.05, 0) is 44.0 Å². The van der Waals surface area contributed by atoms with Gasteiger partial charge in [0.05, 0.1) is 17.0 Å². The van der Waals surface area contributed by atoms with Crippen molar-refractivity contribution in [3.8, 4) is 0 Å². The Balaban J connectivity index is 1.63. The zero-order valence-corrected chi connectivity index (χ0v) is 16.6. The average molecular weight is 383 g/mol. The molecule has 0 atom stereocenters. The van der Waals surface area contributed by atoms with Gasteiger partial charge >= 0.3 is 0 Å². The third-order valence-electron chi connectivity index (χ3n) is 4.72. The Labute approximate surface area is 165 Å². The van der Waals surface area contributed by atoms with Crippen molar-refractivity contribution in [1.29, 1.82) is 0 Å². The molecule has 2 aromatic rings. The Bertz CT molecular complexity index is 781. The SMILES string of the molecule is Cc1ccc(SCC(=O)Nc2ccccc2C(=O)N2CCCCCC2)cc1. The van der Waals surface area contributed by atoms with Gasteiger partial charge in [0.15, 0.2) is 0 Å². The number of nitrogens with one attached hydrogen (secondary N) is 1. The van der Waals surface area contributed by atoms with Gasteiger partial charge in [-0.25, -0.2) is 0 Å². The highest BCUT2D eigenvalue weighted by molar-refractivity contribution is 8.00. The average Bonchev–Trinajstić information content (AvgIpc) is 2.97. The molecule has 5 heteroatoms. The molecule has 0 radical (unpaired) electrons. The van der Waals surface area contributed by atoms with E-state index in [2.05, 4.69) is 5.32 Å². The lowest BCUT2D eigenvalue weighted by molar-refractivity contribution is -0.113. The van der Waals surface area contributed by atoms with Gasteiger partial charge in [0.25, 0.3) is 5.91 Å². The molecule has 1 heterocycles. The molecule has 1 aliphatic rings. The summed E-state index contributed by atoms with van der Waals surface area (Å²) < 4.78 is 0. The maximum atomic E-state index is 12.9. The molecule has 0 aliphatic carbocycles. The number of hydrogen-bond donors (Lipinski definition) is 1. The van der Waals surface area contributed by atoms with Crippen molar-refractivity contribution < 1.29 is 9.59 Å². The molecule has 2 aromatic carbocycles. The van der Waals surface area contributed by atoms with Crippen LogP contribution in [0.15, 0.2) is 53.4 Å². The second-order valence-corrected chi connectivity index (χ2v) is 7.95. The summed E-state index contributed by atoms with van der Waals surface area (Å²) in [6, 6.07) is 15.4. The van der Waals surface area contributed by atoms with E-state index >= 15 is 0 Å². The number of carbonyl (C=O) groups excluding carboxylic acids is 2. The van der Waals surface area contributed by atoms with Crippen LogP contribution in [0.3, 0.4) is 0 Å². The number of rotatable bonds is 5. The van der Waals surface area contributed by atoms with E-state index in [4.69, 9.17) is 0 Å². The van der Waals surface area contributed by atoms with Gasteiger partial charge in [-0.3, -0.25) is 9.59 Å². The summed E-state index contributed by atoms with van der Waals surface area (Å²) in [6.45, 7) is 3.63. The van der Waals surface area contributed by atoms with Crippen LogP contribution in [0.5, 0.6) is 0 Å². The maximum Gasteiger partial charge on any atom is 0.255 e. The third kappa shape index (κ3) is 5.60. The molecule has 4 nitrogen and oxygen atoms in total. The standard InChI is InChI=1S/C22H26N2O2S/c1-17-10-12-18(13-11-17)27-16-21(25)23-20-9-5-4-8-19(20)22(26)24-14-6-2-3-7-15-24/h4-5,8-13H,2-3,6-7,14-16H2,1H3,(H,23,25). The van der Waals surface area contributed by atoms with E-state index in [-0.39, 0.29) is 11.8 Å². The molecule has 0 saturated carbocycles. The molecule has 0 unspecified atom stereocenters. The van der Waals surface area contributed by atoms with Crippen LogP contribution in [0.25, 0.3) is 0 Å². The number of benzene rings is 2. The third-order valence-corrected chi connectivity index (χ3v) is 5.73. The van der Waals surface area contributed by atoms with Crippen molar-refractivity contribution in [3.05, 3.63) is 59.7 Å². The quantitative estimate of drug-likeness (QED) is 0.760. The van der Waals surface area contributed by atoms with Gasteiger partial charge in [0.2, 0.25) is 5.91 Å².